The highest BCUT2D eigenvalue weighted by atomic mass is 32.2. The number of hydrogen-bond donors (Lipinski definition) is 2. The molecule has 0 saturated carbocycles. The number of hydrogen-bond acceptors (Lipinski definition) is 5. The number of nitrogens with zero attached hydrogens (tertiary/aromatic N) is 1. The van der Waals surface area contributed by atoms with Crippen LogP contribution >= 0.6 is 23.5 Å². The summed E-state index contributed by atoms with van der Waals surface area (Å²) >= 11 is 3.88. The molecule has 1 aliphatic rings. The highest BCUT2D eigenvalue weighted by Gasteiger charge is 2.15. The summed E-state index contributed by atoms with van der Waals surface area (Å²) in [5.41, 5.74) is 6.11. The van der Waals surface area contributed by atoms with Crippen LogP contribution in [-0.2, 0) is 0 Å². The molecule has 1 fully saturated rings. The van der Waals surface area contributed by atoms with E-state index in [2.05, 4.69) is 10.3 Å². The van der Waals surface area contributed by atoms with Crippen molar-refractivity contribution in [3.8, 4) is 0 Å². The third-order valence-corrected chi connectivity index (χ3v) is 5.26. The summed E-state index contributed by atoms with van der Waals surface area (Å²) in [5.74, 6) is 3.81. The fourth-order valence-electron chi connectivity index (χ4n) is 1.55. The number of carbonyl (C=O) groups excluding carboxylic acids is 1. The van der Waals surface area contributed by atoms with Gasteiger partial charge in [-0.05, 0) is 12.1 Å². The average molecular weight is 269 g/mol. The van der Waals surface area contributed by atoms with E-state index >= 15 is 0 Å². The maximum atomic E-state index is 11.8. The number of thioether (sulfide) groups is 2. The molecule has 0 aliphatic carbocycles. The zero-order chi connectivity index (χ0) is 12.1. The van der Waals surface area contributed by atoms with E-state index in [9.17, 15) is 4.79 Å². The summed E-state index contributed by atoms with van der Waals surface area (Å²) < 4.78 is 0. The number of nitrogen functional groups attached to an aromatic ring is 1. The van der Waals surface area contributed by atoms with Gasteiger partial charge in [-0.25, -0.2) is 4.98 Å². The number of nitrogens with two attached hydrogens (primary N) is 1. The van der Waals surface area contributed by atoms with Crippen LogP contribution in [0.5, 0.6) is 0 Å². The largest absolute Gasteiger partial charge is 0.384 e. The average Bonchev–Trinajstić information content (AvgIpc) is 2.37. The zero-order valence-electron chi connectivity index (χ0n) is 9.39. The molecular formula is C11H15N3OS2. The third kappa shape index (κ3) is 3.81. The van der Waals surface area contributed by atoms with E-state index in [0.29, 0.717) is 16.6 Å². The van der Waals surface area contributed by atoms with E-state index in [0.717, 1.165) is 12.3 Å². The van der Waals surface area contributed by atoms with E-state index < -0.39 is 0 Å². The van der Waals surface area contributed by atoms with Crippen molar-refractivity contribution < 1.29 is 4.79 Å². The summed E-state index contributed by atoms with van der Waals surface area (Å²) in [5, 5.41) is 3.46. The lowest BCUT2D eigenvalue weighted by Crippen LogP contribution is -2.33. The highest BCUT2D eigenvalue weighted by Crippen LogP contribution is 2.23. The highest BCUT2D eigenvalue weighted by molar-refractivity contribution is 8.06. The quantitative estimate of drug-likeness (QED) is 0.864. The Morgan fingerprint density at radius 2 is 2.47 bits per heavy atom. The Hall–Kier alpha value is -0.880. The molecule has 17 heavy (non-hydrogen) atoms. The van der Waals surface area contributed by atoms with Gasteiger partial charge in [0.15, 0.2) is 0 Å². The lowest BCUT2D eigenvalue weighted by atomic mass is 10.2. The van der Waals surface area contributed by atoms with Gasteiger partial charge in [0.2, 0.25) is 0 Å². The molecule has 4 nitrogen and oxygen atoms in total. The third-order valence-electron chi connectivity index (χ3n) is 2.42. The molecule has 1 amide bonds. The van der Waals surface area contributed by atoms with Crippen LogP contribution in [0, 0.1) is 0 Å². The minimum Gasteiger partial charge on any atom is -0.384 e. The first-order valence-electron chi connectivity index (χ1n) is 5.45. The van der Waals surface area contributed by atoms with Crippen molar-refractivity contribution in [2.75, 3.05) is 29.5 Å². The second-order valence-electron chi connectivity index (χ2n) is 3.75. The second kappa shape index (κ2) is 6.16. The monoisotopic (exact) mass is 269 g/mol. The van der Waals surface area contributed by atoms with Crippen LogP contribution in [0.4, 0.5) is 5.82 Å². The predicted molar refractivity (Wildman–Crippen MR) is 74.6 cm³/mol. The molecule has 1 aliphatic heterocycles. The van der Waals surface area contributed by atoms with Gasteiger partial charge in [-0.2, -0.15) is 23.5 Å². The van der Waals surface area contributed by atoms with Gasteiger partial charge < -0.3 is 11.1 Å². The minimum atomic E-state index is -0.0738. The minimum absolute atomic E-state index is 0.0738. The van der Waals surface area contributed by atoms with Gasteiger partial charge in [0.25, 0.3) is 5.91 Å². The van der Waals surface area contributed by atoms with Crippen LogP contribution in [0.2, 0.25) is 0 Å². The number of aromatic nitrogens is 1. The predicted octanol–water partition coefficient (Wildman–Crippen LogP) is 1.24. The van der Waals surface area contributed by atoms with Crippen molar-refractivity contribution in [2.45, 2.75) is 5.25 Å². The van der Waals surface area contributed by atoms with Crippen molar-refractivity contribution in [3.05, 3.63) is 23.9 Å². The van der Waals surface area contributed by atoms with Gasteiger partial charge in [-0.15, -0.1) is 0 Å². The van der Waals surface area contributed by atoms with Crippen molar-refractivity contribution in [3.63, 3.8) is 0 Å². The Balaban J connectivity index is 1.84. The van der Waals surface area contributed by atoms with Gasteiger partial charge in [-0.3, -0.25) is 4.79 Å². The summed E-state index contributed by atoms with van der Waals surface area (Å²) in [4.78, 5) is 15.7. The van der Waals surface area contributed by atoms with Gasteiger partial charge in [0, 0.05) is 40.8 Å². The normalized spacial score (nSPS) is 19.9. The van der Waals surface area contributed by atoms with Crippen LogP contribution in [0.15, 0.2) is 18.3 Å². The number of anilines is 1. The van der Waals surface area contributed by atoms with Crippen molar-refractivity contribution >= 4 is 35.2 Å². The summed E-state index contributed by atoms with van der Waals surface area (Å²) in [6, 6.07) is 3.27. The maximum Gasteiger partial charge on any atom is 0.251 e. The fraction of sp³-hybridized carbons (Fsp3) is 0.455. The maximum absolute atomic E-state index is 11.8. The fourth-order valence-corrected chi connectivity index (χ4v) is 4.16. The van der Waals surface area contributed by atoms with E-state index in [1.807, 2.05) is 23.5 Å². The molecule has 2 heterocycles. The summed E-state index contributed by atoms with van der Waals surface area (Å²) in [6.07, 6.45) is 1.55. The van der Waals surface area contributed by atoms with Gasteiger partial charge in [0.05, 0.1) is 0 Å². The first-order chi connectivity index (χ1) is 8.25. The summed E-state index contributed by atoms with van der Waals surface area (Å²) in [6.45, 7) is 0.721. The molecule has 1 saturated heterocycles. The first-order valence-corrected chi connectivity index (χ1v) is 7.65. The Morgan fingerprint density at radius 3 is 3.18 bits per heavy atom. The standard InChI is InChI=1S/C11H15N3OS2/c12-10-5-8(1-2-13-10)11(15)14-6-9-7-16-3-4-17-9/h1-2,5,9H,3-4,6-7H2,(H2,12,13)(H,14,15). The van der Waals surface area contributed by atoms with Crippen molar-refractivity contribution in [1.29, 1.82) is 0 Å². The van der Waals surface area contributed by atoms with E-state index in [-0.39, 0.29) is 5.91 Å². The Bertz CT molecular complexity index is 394. The first kappa shape index (κ1) is 12.6. The molecule has 0 spiro atoms. The second-order valence-corrected chi connectivity index (χ2v) is 6.31. The molecule has 0 bridgehead atoms. The van der Waals surface area contributed by atoms with Crippen LogP contribution < -0.4 is 11.1 Å². The van der Waals surface area contributed by atoms with Gasteiger partial charge in [-0.1, -0.05) is 0 Å². The molecule has 6 heteroatoms. The molecule has 0 radical (unpaired) electrons. The molecule has 1 unspecified atom stereocenters. The Kier molecular flexibility index (Phi) is 4.56. The molecule has 0 aromatic carbocycles. The van der Waals surface area contributed by atoms with Crippen LogP contribution in [-0.4, -0.2) is 39.9 Å². The number of carbonyl (C=O) groups is 1. The smallest absolute Gasteiger partial charge is 0.251 e. The molecule has 3 N–H and O–H groups in total. The van der Waals surface area contributed by atoms with E-state index in [4.69, 9.17) is 5.73 Å². The number of rotatable bonds is 3. The number of amides is 1. The molecule has 2 rings (SSSR count). The SMILES string of the molecule is Nc1cc(C(=O)NCC2CSCCS2)ccn1. The Labute approximate surface area is 109 Å². The van der Waals surface area contributed by atoms with Crippen LogP contribution in [0.3, 0.4) is 0 Å². The van der Waals surface area contributed by atoms with E-state index in [1.165, 1.54) is 11.5 Å². The Morgan fingerprint density at radius 1 is 1.59 bits per heavy atom. The number of nitrogens with one attached hydrogen (secondary N) is 1. The summed E-state index contributed by atoms with van der Waals surface area (Å²) in [7, 11) is 0. The number of pyridine rings is 1. The molecule has 1 atom stereocenters. The lowest BCUT2D eigenvalue weighted by Gasteiger charge is -2.21. The molecule has 92 valence electrons. The lowest BCUT2D eigenvalue weighted by molar-refractivity contribution is 0.0954. The van der Waals surface area contributed by atoms with Gasteiger partial charge >= 0.3 is 0 Å². The molecule has 1 aromatic heterocycles. The van der Waals surface area contributed by atoms with Crippen molar-refractivity contribution in [1.82, 2.24) is 10.3 Å². The van der Waals surface area contributed by atoms with Crippen LogP contribution in [0.25, 0.3) is 0 Å². The topological polar surface area (TPSA) is 68.0 Å². The van der Waals surface area contributed by atoms with Crippen molar-refractivity contribution in [2.24, 2.45) is 0 Å². The van der Waals surface area contributed by atoms with Crippen LogP contribution in [0.1, 0.15) is 10.4 Å². The van der Waals surface area contributed by atoms with Gasteiger partial charge in [0.1, 0.15) is 5.82 Å². The molecule has 1 aromatic rings. The molecular weight excluding hydrogens is 254 g/mol. The van der Waals surface area contributed by atoms with E-state index in [1.54, 1.807) is 18.3 Å². The zero-order valence-corrected chi connectivity index (χ0v) is 11.0.